The summed E-state index contributed by atoms with van der Waals surface area (Å²) >= 11 is 0. The van der Waals surface area contributed by atoms with Crippen LogP contribution in [0.1, 0.15) is 12.0 Å². The number of rotatable bonds is 7. The fourth-order valence-corrected chi connectivity index (χ4v) is 2.28. The van der Waals surface area contributed by atoms with E-state index in [1.54, 1.807) is 13.3 Å². The summed E-state index contributed by atoms with van der Waals surface area (Å²) in [5.41, 5.74) is 3.41. The van der Waals surface area contributed by atoms with Crippen LogP contribution in [0.5, 0.6) is 5.88 Å². The maximum atomic E-state index is 5.35. The van der Waals surface area contributed by atoms with Crippen LogP contribution < -0.4 is 15.0 Å². The zero-order valence-corrected chi connectivity index (χ0v) is 13.0. The van der Waals surface area contributed by atoms with Gasteiger partial charge in [-0.25, -0.2) is 4.98 Å². The SMILES string of the molecule is COc1nccc(N(C)C)c1NCCCc1ccccc1. The van der Waals surface area contributed by atoms with Gasteiger partial charge in [-0.2, -0.15) is 0 Å². The Bertz CT molecular complexity index is 555. The number of hydrogen-bond donors (Lipinski definition) is 1. The molecule has 1 heterocycles. The number of hydrogen-bond acceptors (Lipinski definition) is 4. The molecule has 0 aliphatic rings. The van der Waals surface area contributed by atoms with Crippen molar-refractivity contribution in [3.05, 3.63) is 48.2 Å². The van der Waals surface area contributed by atoms with Gasteiger partial charge in [0, 0.05) is 26.8 Å². The monoisotopic (exact) mass is 285 g/mol. The Morgan fingerprint density at radius 1 is 1.14 bits per heavy atom. The Morgan fingerprint density at radius 3 is 2.57 bits per heavy atom. The molecule has 4 heteroatoms. The summed E-state index contributed by atoms with van der Waals surface area (Å²) in [6.45, 7) is 0.887. The van der Waals surface area contributed by atoms with Crippen LogP contribution in [0.3, 0.4) is 0 Å². The number of pyridine rings is 1. The van der Waals surface area contributed by atoms with E-state index in [9.17, 15) is 0 Å². The van der Waals surface area contributed by atoms with E-state index in [-0.39, 0.29) is 0 Å². The molecule has 4 nitrogen and oxygen atoms in total. The Morgan fingerprint density at radius 2 is 1.90 bits per heavy atom. The van der Waals surface area contributed by atoms with Gasteiger partial charge in [-0.15, -0.1) is 0 Å². The van der Waals surface area contributed by atoms with Crippen LogP contribution in [0, 0.1) is 0 Å². The van der Waals surface area contributed by atoms with Crippen LogP contribution in [-0.4, -0.2) is 32.7 Å². The van der Waals surface area contributed by atoms with Crippen LogP contribution >= 0.6 is 0 Å². The van der Waals surface area contributed by atoms with E-state index < -0.39 is 0 Å². The minimum Gasteiger partial charge on any atom is -0.479 e. The first-order valence-electron chi connectivity index (χ1n) is 7.20. The minimum absolute atomic E-state index is 0.640. The largest absolute Gasteiger partial charge is 0.479 e. The molecule has 0 fully saturated rings. The topological polar surface area (TPSA) is 37.4 Å². The number of nitrogens with one attached hydrogen (secondary N) is 1. The number of ether oxygens (including phenoxy) is 1. The molecular formula is C17H23N3O. The molecule has 0 spiro atoms. The molecule has 0 unspecified atom stereocenters. The molecule has 0 aliphatic heterocycles. The van der Waals surface area contributed by atoms with Crippen molar-refractivity contribution in [2.75, 3.05) is 38.0 Å². The second kappa shape index (κ2) is 7.53. The molecule has 1 aromatic carbocycles. The molecule has 0 bridgehead atoms. The lowest BCUT2D eigenvalue weighted by Crippen LogP contribution is -2.14. The smallest absolute Gasteiger partial charge is 0.239 e. The van der Waals surface area contributed by atoms with Crippen LogP contribution in [-0.2, 0) is 6.42 Å². The number of benzene rings is 1. The van der Waals surface area contributed by atoms with Crippen molar-refractivity contribution >= 4 is 11.4 Å². The number of aromatic nitrogens is 1. The summed E-state index contributed by atoms with van der Waals surface area (Å²) in [7, 11) is 5.69. The maximum absolute atomic E-state index is 5.35. The Hall–Kier alpha value is -2.23. The highest BCUT2D eigenvalue weighted by molar-refractivity contribution is 5.74. The average Bonchev–Trinajstić information content (AvgIpc) is 2.52. The van der Waals surface area contributed by atoms with Crippen molar-refractivity contribution in [2.24, 2.45) is 0 Å². The molecular weight excluding hydrogens is 262 g/mol. The highest BCUT2D eigenvalue weighted by Crippen LogP contribution is 2.31. The lowest BCUT2D eigenvalue weighted by atomic mass is 10.1. The number of aryl methyl sites for hydroxylation is 1. The number of anilines is 2. The van der Waals surface area contributed by atoms with E-state index in [1.165, 1.54) is 5.56 Å². The van der Waals surface area contributed by atoms with Gasteiger partial charge in [0.25, 0.3) is 0 Å². The van der Waals surface area contributed by atoms with E-state index in [2.05, 4.69) is 39.5 Å². The van der Waals surface area contributed by atoms with Crippen LogP contribution in [0.15, 0.2) is 42.6 Å². The van der Waals surface area contributed by atoms with Gasteiger partial charge < -0.3 is 15.0 Å². The Balaban J connectivity index is 1.96. The normalized spacial score (nSPS) is 10.2. The average molecular weight is 285 g/mol. The van der Waals surface area contributed by atoms with Crippen molar-refractivity contribution in [1.82, 2.24) is 4.98 Å². The molecule has 0 atom stereocenters. The summed E-state index contributed by atoms with van der Waals surface area (Å²) in [6, 6.07) is 12.5. The molecule has 2 rings (SSSR count). The molecule has 0 saturated carbocycles. The molecule has 0 aliphatic carbocycles. The highest BCUT2D eigenvalue weighted by atomic mass is 16.5. The highest BCUT2D eigenvalue weighted by Gasteiger charge is 2.11. The summed E-state index contributed by atoms with van der Waals surface area (Å²) < 4.78 is 5.35. The quantitative estimate of drug-likeness (QED) is 0.793. The van der Waals surface area contributed by atoms with Crippen molar-refractivity contribution in [3.63, 3.8) is 0 Å². The van der Waals surface area contributed by atoms with Gasteiger partial charge in [-0.1, -0.05) is 30.3 Å². The molecule has 1 N–H and O–H groups in total. The standard InChI is InChI=1S/C17H23N3O/c1-20(2)15-11-13-19-17(21-3)16(15)18-12-7-10-14-8-5-4-6-9-14/h4-6,8-9,11,13,18H,7,10,12H2,1-3H3. The summed E-state index contributed by atoms with van der Waals surface area (Å²) in [4.78, 5) is 6.32. The maximum Gasteiger partial charge on any atom is 0.239 e. The van der Waals surface area contributed by atoms with E-state index in [0.29, 0.717) is 5.88 Å². The molecule has 1 aromatic heterocycles. The van der Waals surface area contributed by atoms with Gasteiger partial charge in [-0.05, 0) is 24.5 Å². The third-order valence-electron chi connectivity index (χ3n) is 3.36. The van der Waals surface area contributed by atoms with Gasteiger partial charge in [-0.3, -0.25) is 0 Å². The van der Waals surface area contributed by atoms with Crippen LogP contribution in [0.4, 0.5) is 11.4 Å². The van der Waals surface area contributed by atoms with Gasteiger partial charge in [0.15, 0.2) is 0 Å². The summed E-state index contributed by atoms with van der Waals surface area (Å²) in [6.07, 6.45) is 3.89. The third-order valence-corrected chi connectivity index (χ3v) is 3.36. The van der Waals surface area contributed by atoms with E-state index >= 15 is 0 Å². The Labute approximate surface area is 126 Å². The lowest BCUT2D eigenvalue weighted by molar-refractivity contribution is 0.400. The zero-order chi connectivity index (χ0) is 15.1. The van der Waals surface area contributed by atoms with Gasteiger partial charge in [0.05, 0.1) is 12.8 Å². The van der Waals surface area contributed by atoms with Gasteiger partial charge >= 0.3 is 0 Å². The van der Waals surface area contributed by atoms with Crippen molar-refractivity contribution in [3.8, 4) is 5.88 Å². The van der Waals surface area contributed by atoms with Gasteiger partial charge in [0.1, 0.15) is 5.69 Å². The Kier molecular flexibility index (Phi) is 5.43. The molecule has 2 aromatic rings. The van der Waals surface area contributed by atoms with Crippen molar-refractivity contribution < 1.29 is 4.74 Å². The van der Waals surface area contributed by atoms with E-state index in [1.807, 2.05) is 26.2 Å². The molecule has 0 radical (unpaired) electrons. The first kappa shape index (κ1) is 15.2. The second-order valence-corrected chi connectivity index (χ2v) is 5.12. The fourth-order valence-electron chi connectivity index (χ4n) is 2.28. The van der Waals surface area contributed by atoms with Gasteiger partial charge in [0.2, 0.25) is 5.88 Å². The van der Waals surface area contributed by atoms with Crippen molar-refractivity contribution in [1.29, 1.82) is 0 Å². The summed E-state index contributed by atoms with van der Waals surface area (Å²) in [5, 5.41) is 3.46. The minimum atomic E-state index is 0.640. The predicted octanol–water partition coefficient (Wildman–Crippen LogP) is 3.20. The molecule has 21 heavy (non-hydrogen) atoms. The van der Waals surface area contributed by atoms with E-state index in [0.717, 1.165) is 30.8 Å². The number of nitrogens with zero attached hydrogens (tertiary/aromatic N) is 2. The van der Waals surface area contributed by atoms with Crippen molar-refractivity contribution in [2.45, 2.75) is 12.8 Å². The predicted molar refractivity (Wildman–Crippen MR) is 88.4 cm³/mol. The van der Waals surface area contributed by atoms with E-state index in [4.69, 9.17) is 4.74 Å². The molecule has 112 valence electrons. The first-order valence-corrected chi connectivity index (χ1v) is 7.20. The first-order chi connectivity index (χ1) is 10.2. The third kappa shape index (κ3) is 4.12. The van der Waals surface area contributed by atoms with Crippen LogP contribution in [0.25, 0.3) is 0 Å². The molecule has 0 saturated heterocycles. The second-order valence-electron chi connectivity index (χ2n) is 5.12. The van der Waals surface area contributed by atoms with Crippen LogP contribution in [0.2, 0.25) is 0 Å². The summed E-state index contributed by atoms with van der Waals surface area (Å²) in [5.74, 6) is 0.640. The number of methoxy groups -OCH3 is 1. The molecule has 0 amide bonds. The zero-order valence-electron chi connectivity index (χ0n) is 13.0. The lowest BCUT2D eigenvalue weighted by Gasteiger charge is -2.20. The fraction of sp³-hybridized carbons (Fsp3) is 0.353.